The molecule has 1 saturated heterocycles. The van der Waals surface area contributed by atoms with E-state index in [1.54, 1.807) is 31.4 Å². The van der Waals surface area contributed by atoms with E-state index in [-0.39, 0.29) is 17.8 Å². The van der Waals surface area contributed by atoms with E-state index in [1.165, 1.54) is 12.1 Å². The number of rotatable bonds is 7. The third kappa shape index (κ3) is 5.17. The van der Waals surface area contributed by atoms with Crippen molar-refractivity contribution >= 4 is 11.6 Å². The molecular formula is C25H31FN4O3. The molecule has 0 bridgehead atoms. The monoisotopic (exact) mass is 454 g/mol. The lowest BCUT2D eigenvalue weighted by Gasteiger charge is -2.34. The first-order valence-electron chi connectivity index (χ1n) is 11.3. The summed E-state index contributed by atoms with van der Waals surface area (Å²) in [7, 11) is 3.22. The Morgan fingerprint density at radius 3 is 2.36 bits per heavy atom. The van der Waals surface area contributed by atoms with Crippen LogP contribution in [0.2, 0.25) is 0 Å². The van der Waals surface area contributed by atoms with Crippen LogP contribution in [-0.4, -0.2) is 79.9 Å². The van der Waals surface area contributed by atoms with Crippen molar-refractivity contribution in [2.24, 2.45) is 5.10 Å². The quantitative estimate of drug-likeness (QED) is 0.643. The van der Waals surface area contributed by atoms with E-state index in [1.807, 2.05) is 18.2 Å². The van der Waals surface area contributed by atoms with Crippen molar-refractivity contribution in [3.63, 3.8) is 0 Å². The Balaban J connectivity index is 1.62. The maximum absolute atomic E-state index is 13.5. The molecule has 2 aliphatic rings. The molecule has 1 atom stereocenters. The van der Waals surface area contributed by atoms with Crippen molar-refractivity contribution in [3.05, 3.63) is 59.4 Å². The number of amides is 1. The molecule has 0 saturated carbocycles. The van der Waals surface area contributed by atoms with Crippen LogP contribution in [-0.2, 0) is 4.79 Å². The highest BCUT2D eigenvalue weighted by atomic mass is 19.1. The SMILES string of the molecule is CCN1CCN(CC(=O)N2N=C(c3ccc(F)cc3)CC2c2cc(OC)ccc2OC)CC1. The Kier molecular flexibility index (Phi) is 7.25. The van der Waals surface area contributed by atoms with Gasteiger partial charge in [0.15, 0.2) is 0 Å². The lowest BCUT2D eigenvalue weighted by Crippen LogP contribution is -2.49. The van der Waals surface area contributed by atoms with E-state index < -0.39 is 0 Å². The molecule has 8 heteroatoms. The van der Waals surface area contributed by atoms with Crippen LogP contribution in [0.1, 0.15) is 30.5 Å². The van der Waals surface area contributed by atoms with E-state index in [9.17, 15) is 9.18 Å². The molecular weight excluding hydrogens is 423 g/mol. The molecule has 1 amide bonds. The maximum atomic E-state index is 13.5. The summed E-state index contributed by atoms with van der Waals surface area (Å²) in [4.78, 5) is 18.0. The van der Waals surface area contributed by atoms with Gasteiger partial charge < -0.3 is 14.4 Å². The zero-order valence-corrected chi connectivity index (χ0v) is 19.5. The number of hydrogen-bond donors (Lipinski definition) is 0. The van der Waals surface area contributed by atoms with Crippen molar-refractivity contribution in [1.29, 1.82) is 0 Å². The minimum absolute atomic E-state index is 0.0630. The molecule has 2 aromatic carbocycles. The highest BCUT2D eigenvalue weighted by molar-refractivity contribution is 6.03. The predicted molar refractivity (Wildman–Crippen MR) is 125 cm³/mol. The molecule has 2 heterocycles. The Morgan fingerprint density at radius 1 is 1.03 bits per heavy atom. The van der Waals surface area contributed by atoms with Gasteiger partial charge in [0.2, 0.25) is 0 Å². The van der Waals surface area contributed by atoms with Crippen molar-refractivity contribution in [1.82, 2.24) is 14.8 Å². The summed E-state index contributed by atoms with van der Waals surface area (Å²) in [6, 6.07) is 11.5. The highest BCUT2D eigenvalue weighted by Crippen LogP contribution is 2.39. The summed E-state index contributed by atoms with van der Waals surface area (Å²) in [5, 5.41) is 6.29. The molecule has 0 N–H and O–H groups in total. The van der Waals surface area contributed by atoms with Gasteiger partial charge in [0.25, 0.3) is 5.91 Å². The minimum atomic E-state index is -0.334. The number of benzene rings is 2. The maximum Gasteiger partial charge on any atom is 0.257 e. The van der Waals surface area contributed by atoms with Crippen LogP contribution in [0.25, 0.3) is 0 Å². The number of ether oxygens (including phenoxy) is 2. The minimum Gasteiger partial charge on any atom is -0.497 e. The van der Waals surface area contributed by atoms with E-state index in [2.05, 4.69) is 16.7 Å². The van der Waals surface area contributed by atoms with Gasteiger partial charge in [0, 0.05) is 38.2 Å². The molecule has 4 rings (SSSR count). The van der Waals surface area contributed by atoms with Gasteiger partial charge in [0.1, 0.15) is 17.3 Å². The number of nitrogens with zero attached hydrogens (tertiary/aromatic N) is 4. The van der Waals surface area contributed by atoms with Gasteiger partial charge >= 0.3 is 0 Å². The number of hydrazone groups is 1. The van der Waals surface area contributed by atoms with Crippen molar-refractivity contribution < 1.29 is 18.7 Å². The molecule has 0 radical (unpaired) electrons. The summed E-state index contributed by atoms with van der Waals surface area (Å²) >= 11 is 0. The van der Waals surface area contributed by atoms with Crippen molar-refractivity contribution in [2.45, 2.75) is 19.4 Å². The Hall–Kier alpha value is -2.97. The van der Waals surface area contributed by atoms with E-state index in [0.29, 0.717) is 24.5 Å². The average Bonchev–Trinajstić information content (AvgIpc) is 3.30. The zero-order chi connectivity index (χ0) is 23.4. The van der Waals surface area contributed by atoms with Crippen LogP contribution in [0.3, 0.4) is 0 Å². The zero-order valence-electron chi connectivity index (χ0n) is 19.5. The number of halogens is 1. The van der Waals surface area contributed by atoms with Crippen LogP contribution < -0.4 is 9.47 Å². The number of piperazine rings is 1. The van der Waals surface area contributed by atoms with Gasteiger partial charge in [-0.2, -0.15) is 5.10 Å². The van der Waals surface area contributed by atoms with Crippen LogP contribution in [0.4, 0.5) is 4.39 Å². The van der Waals surface area contributed by atoms with Crippen LogP contribution in [0.15, 0.2) is 47.6 Å². The van der Waals surface area contributed by atoms with Crippen LogP contribution in [0, 0.1) is 5.82 Å². The third-order valence-corrected chi connectivity index (χ3v) is 6.41. The van der Waals surface area contributed by atoms with Crippen molar-refractivity contribution in [3.8, 4) is 11.5 Å². The molecule has 1 fully saturated rings. The normalized spacial score (nSPS) is 19.5. The summed E-state index contributed by atoms with van der Waals surface area (Å²) in [6.07, 6.45) is 0.504. The average molecular weight is 455 g/mol. The molecule has 2 aromatic rings. The number of methoxy groups -OCH3 is 2. The molecule has 176 valence electrons. The van der Waals surface area contributed by atoms with Gasteiger partial charge in [0.05, 0.1) is 32.5 Å². The fourth-order valence-electron chi connectivity index (χ4n) is 4.43. The van der Waals surface area contributed by atoms with E-state index in [0.717, 1.165) is 49.6 Å². The second-order valence-electron chi connectivity index (χ2n) is 8.33. The molecule has 1 unspecified atom stereocenters. The molecule has 0 aromatic heterocycles. The summed E-state index contributed by atoms with van der Waals surface area (Å²) < 4.78 is 24.5. The molecule has 0 spiro atoms. The Morgan fingerprint density at radius 2 is 1.73 bits per heavy atom. The summed E-state index contributed by atoms with van der Waals surface area (Å²) in [5.74, 6) is 0.990. The molecule has 2 aliphatic heterocycles. The smallest absolute Gasteiger partial charge is 0.257 e. The number of hydrogen-bond acceptors (Lipinski definition) is 6. The standard InChI is InChI=1S/C25H31FN4O3/c1-4-28-11-13-29(14-12-28)17-25(31)30-23(21-15-20(32-2)9-10-24(21)33-3)16-22(27-30)18-5-7-19(26)8-6-18/h5-10,15,23H,4,11-14,16-17H2,1-3H3. The first-order chi connectivity index (χ1) is 16.0. The largest absolute Gasteiger partial charge is 0.497 e. The number of likely N-dealkylation sites (N-methyl/N-ethyl adjacent to an activating group) is 1. The Bertz CT molecular complexity index is 1000. The number of carbonyl (C=O) groups is 1. The molecule has 33 heavy (non-hydrogen) atoms. The van der Waals surface area contributed by atoms with Gasteiger partial charge in [-0.05, 0) is 42.4 Å². The first-order valence-corrected chi connectivity index (χ1v) is 11.3. The second-order valence-corrected chi connectivity index (χ2v) is 8.33. The van der Waals surface area contributed by atoms with Gasteiger partial charge in [-0.1, -0.05) is 19.1 Å². The second kappa shape index (κ2) is 10.3. The topological polar surface area (TPSA) is 57.6 Å². The predicted octanol–water partition coefficient (Wildman–Crippen LogP) is 3.16. The van der Waals surface area contributed by atoms with Crippen LogP contribution >= 0.6 is 0 Å². The van der Waals surface area contributed by atoms with E-state index in [4.69, 9.17) is 14.6 Å². The van der Waals surface area contributed by atoms with Crippen LogP contribution in [0.5, 0.6) is 11.5 Å². The van der Waals surface area contributed by atoms with Gasteiger partial charge in [-0.15, -0.1) is 0 Å². The van der Waals surface area contributed by atoms with E-state index >= 15 is 0 Å². The fraction of sp³-hybridized carbons (Fsp3) is 0.440. The van der Waals surface area contributed by atoms with Crippen molar-refractivity contribution in [2.75, 3.05) is 53.5 Å². The highest BCUT2D eigenvalue weighted by Gasteiger charge is 2.36. The molecule has 0 aliphatic carbocycles. The third-order valence-electron chi connectivity index (χ3n) is 6.41. The first kappa shape index (κ1) is 23.2. The lowest BCUT2D eigenvalue weighted by molar-refractivity contribution is -0.134. The molecule has 7 nitrogen and oxygen atoms in total. The van der Waals surface area contributed by atoms with Gasteiger partial charge in [-0.25, -0.2) is 9.40 Å². The fourth-order valence-corrected chi connectivity index (χ4v) is 4.43. The van der Waals surface area contributed by atoms with Gasteiger partial charge in [-0.3, -0.25) is 9.69 Å². The Labute approximate surface area is 194 Å². The summed E-state index contributed by atoms with van der Waals surface area (Å²) in [6.45, 7) is 7.12. The lowest BCUT2D eigenvalue weighted by atomic mass is 9.97. The summed E-state index contributed by atoms with van der Waals surface area (Å²) in [5.41, 5.74) is 2.38. The number of carbonyl (C=O) groups excluding carboxylic acids is 1.